The molecule has 0 bridgehead atoms. The molecule has 2 atom stereocenters. The van der Waals surface area contributed by atoms with Gasteiger partial charge in [0.05, 0.1) is 0 Å². The molecule has 1 aromatic carbocycles. The van der Waals surface area contributed by atoms with E-state index in [1.54, 1.807) is 0 Å². The number of benzene rings is 1. The zero-order valence-electron chi connectivity index (χ0n) is 16.7. The molecule has 144 valence electrons. The second-order valence-corrected chi connectivity index (χ2v) is 8.54. The third kappa shape index (κ3) is 4.58. The van der Waals surface area contributed by atoms with E-state index in [1.165, 1.54) is 44.1 Å². The Morgan fingerprint density at radius 1 is 1.15 bits per heavy atom. The van der Waals surface area contributed by atoms with E-state index in [2.05, 4.69) is 60.3 Å². The highest BCUT2D eigenvalue weighted by Crippen LogP contribution is 2.30. The van der Waals surface area contributed by atoms with Crippen molar-refractivity contribution in [3.63, 3.8) is 0 Å². The lowest BCUT2D eigenvalue weighted by Gasteiger charge is -2.44. The summed E-state index contributed by atoms with van der Waals surface area (Å²) in [4.78, 5) is 5.06. The summed E-state index contributed by atoms with van der Waals surface area (Å²) in [5.74, 6) is 0.847. The summed E-state index contributed by atoms with van der Waals surface area (Å²) in [6.07, 6.45) is 9.07. The molecule has 0 amide bonds. The fourth-order valence-corrected chi connectivity index (χ4v) is 5.09. The monoisotopic (exact) mass is 373 g/mol. The molecule has 0 unspecified atom stereocenters. The number of para-hydroxylation sites is 1. The second-order valence-electron chi connectivity index (χ2n) is 8.15. The summed E-state index contributed by atoms with van der Waals surface area (Å²) in [6, 6.07) is 9.98. The standard InChI is InChI=1S/C22H35N3S/c1-4-18-10-6-7-11-20(18)23-22(26)25-15-13-19(14-16-25)24(3)21-12-8-5-9-17(21)2/h6-7,10-11,17,19,21H,4-5,8-9,12-16H2,1-3H3,(H,23,26)/t17-,21-/m1/s1. The number of nitrogens with one attached hydrogen (secondary N) is 1. The van der Waals surface area contributed by atoms with E-state index in [1.807, 2.05) is 0 Å². The predicted molar refractivity (Wildman–Crippen MR) is 116 cm³/mol. The van der Waals surface area contributed by atoms with E-state index >= 15 is 0 Å². The smallest absolute Gasteiger partial charge is 0.173 e. The van der Waals surface area contributed by atoms with Gasteiger partial charge in [0.2, 0.25) is 0 Å². The molecule has 1 aliphatic heterocycles. The van der Waals surface area contributed by atoms with Crippen molar-refractivity contribution in [2.45, 2.75) is 70.9 Å². The van der Waals surface area contributed by atoms with Crippen molar-refractivity contribution < 1.29 is 0 Å². The lowest BCUT2D eigenvalue weighted by molar-refractivity contribution is 0.0691. The van der Waals surface area contributed by atoms with Gasteiger partial charge in [0.1, 0.15) is 0 Å². The maximum Gasteiger partial charge on any atom is 0.173 e. The SMILES string of the molecule is CCc1ccccc1NC(=S)N1CCC(N(C)[C@@H]2CCCC[C@H]2C)CC1. The van der Waals surface area contributed by atoms with Crippen molar-refractivity contribution in [1.82, 2.24) is 9.80 Å². The second kappa shape index (κ2) is 9.18. The molecule has 0 spiro atoms. The predicted octanol–water partition coefficient (Wildman–Crippen LogP) is 4.92. The molecule has 3 nitrogen and oxygen atoms in total. The Kier molecular flexibility index (Phi) is 6.93. The third-order valence-electron chi connectivity index (χ3n) is 6.56. The molecule has 1 saturated carbocycles. The topological polar surface area (TPSA) is 18.5 Å². The Balaban J connectivity index is 1.52. The average Bonchev–Trinajstić information content (AvgIpc) is 2.68. The van der Waals surface area contributed by atoms with Gasteiger partial charge in [-0.2, -0.15) is 0 Å². The molecule has 1 aromatic rings. The molecule has 1 heterocycles. The van der Waals surface area contributed by atoms with E-state index < -0.39 is 0 Å². The van der Waals surface area contributed by atoms with Crippen LogP contribution in [0.4, 0.5) is 5.69 Å². The van der Waals surface area contributed by atoms with Crippen LogP contribution in [0, 0.1) is 5.92 Å². The van der Waals surface area contributed by atoms with Crippen molar-refractivity contribution in [2.75, 3.05) is 25.5 Å². The van der Waals surface area contributed by atoms with Gasteiger partial charge >= 0.3 is 0 Å². The minimum absolute atomic E-state index is 0.711. The first-order valence-corrected chi connectivity index (χ1v) is 10.9. The number of hydrogen-bond acceptors (Lipinski definition) is 2. The summed E-state index contributed by atoms with van der Waals surface area (Å²) < 4.78 is 0. The fraction of sp³-hybridized carbons (Fsp3) is 0.682. The van der Waals surface area contributed by atoms with Crippen LogP contribution in [0.2, 0.25) is 0 Å². The Bertz CT molecular complexity index is 595. The summed E-state index contributed by atoms with van der Waals surface area (Å²) in [5.41, 5.74) is 2.49. The normalized spacial score (nSPS) is 24.7. The van der Waals surface area contributed by atoms with Crippen molar-refractivity contribution in [1.29, 1.82) is 0 Å². The van der Waals surface area contributed by atoms with E-state index in [0.29, 0.717) is 6.04 Å². The van der Waals surface area contributed by atoms with Crippen LogP contribution in [0.1, 0.15) is 57.9 Å². The number of likely N-dealkylation sites (tertiary alicyclic amines) is 1. The molecule has 0 radical (unpaired) electrons. The lowest BCUT2D eigenvalue weighted by atomic mass is 9.84. The number of hydrogen-bond donors (Lipinski definition) is 1. The van der Waals surface area contributed by atoms with Crippen LogP contribution in [-0.4, -0.2) is 47.1 Å². The third-order valence-corrected chi connectivity index (χ3v) is 6.92. The maximum absolute atomic E-state index is 5.71. The summed E-state index contributed by atoms with van der Waals surface area (Å²) in [7, 11) is 2.36. The van der Waals surface area contributed by atoms with Crippen molar-refractivity contribution >= 4 is 23.0 Å². The van der Waals surface area contributed by atoms with Crippen LogP contribution in [0.5, 0.6) is 0 Å². The summed E-state index contributed by atoms with van der Waals surface area (Å²) in [5, 5.41) is 4.38. The van der Waals surface area contributed by atoms with Crippen molar-refractivity contribution in [2.24, 2.45) is 5.92 Å². The van der Waals surface area contributed by atoms with Crippen molar-refractivity contribution in [3.8, 4) is 0 Å². The van der Waals surface area contributed by atoms with Gasteiger partial charge in [0, 0.05) is 30.9 Å². The minimum atomic E-state index is 0.711. The molecular formula is C22H35N3S. The number of aryl methyl sites for hydroxylation is 1. The number of anilines is 1. The Hall–Kier alpha value is -1.13. The molecule has 0 aromatic heterocycles. The van der Waals surface area contributed by atoms with Crippen molar-refractivity contribution in [3.05, 3.63) is 29.8 Å². The van der Waals surface area contributed by atoms with E-state index in [0.717, 1.165) is 42.3 Å². The number of nitrogens with zero attached hydrogens (tertiary/aromatic N) is 2. The minimum Gasteiger partial charge on any atom is -0.349 e. The number of rotatable bonds is 4. The van der Waals surface area contributed by atoms with Gasteiger partial charge in [-0.25, -0.2) is 0 Å². The van der Waals surface area contributed by atoms with Gasteiger partial charge in [-0.1, -0.05) is 44.9 Å². The number of thiocarbonyl (C=S) groups is 1. The highest BCUT2D eigenvalue weighted by atomic mass is 32.1. The molecule has 2 fully saturated rings. The van der Waals surface area contributed by atoms with Crippen LogP contribution in [-0.2, 0) is 6.42 Å². The summed E-state index contributed by atoms with van der Waals surface area (Å²) in [6.45, 7) is 6.77. The molecule has 2 aliphatic rings. The van der Waals surface area contributed by atoms with E-state index in [9.17, 15) is 0 Å². The van der Waals surface area contributed by atoms with Crippen LogP contribution in [0.15, 0.2) is 24.3 Å². The maximum atomic E-state index is 5.71. The molecule has 26 heavy (non-hydrogen) atoms. The van der Waals surface area contributed by atoms with Gasteiger partial charge in [-0.3, -0.25) is 0 Å². The number of piperidine rings is 1. The summed E-state index contributed by atoms with van der Waals surface area (Å²) >= 11 is 5.71. The van der Waals surface area contributed by atoms with E-state index in [-0.39, 0.29) is 0 Å². The zero-order valence-corrected chi connectivity index (χ0v) is 17.5. The highest BCUT2D eigenvalue weighted by Gasteiger charge is 2.31. The fourth-order valence-electron chi connectivity index (χ4n) is 4.79. The average molecular weight is 374 g/mol. The molecular weight excluding hydrogens is 338 g/mol. The Morgan fingerprint density at radius 2 is 1.85 bits per heavy atom. The Labute approximate surface area is 165 Å². The van der Waals surface area contributed by atoms with Gasteiger partial charge in [0.15, 0.2) is 5.11 Å². The molecule has 4 heteroatoms. The van der Waals surface area contributed by atoms with Gasteiger partial charge in [-0.05, 0) is 68.9 Å². The van der Waals surface area contributed by atoms with Gasteiger partial charge in [-0.15, -0.1) is 0 Å². The first-order chi connectivity index (χ1) is 12.6. The first-order valence-electron chi connectivity index (χ1n) is 10.5. The highest BCUT2D eigenvalue weighted by molar-refractivity contribution is 7.80. The van der Waals surface area contributed by atoms with Gasteiger partial charge < -0.3 is 15.1 Å². The molecule has 1 aliphatic carbocycles. The molecule has 1 N–H and O–H groups in total. The lowest BCUT2D eigenvalue weighted by Crippen LogP contribution is -2.51. The molecule has 3 rings (SSSR count). The van der Waals surface area contributed by atoms with Gasteiger partial charge in [0.25, 0.3) is 0 Å². The molecule has 1 saturated heterocycles. The van der Waals surface area contributed by atoms with Crippen LogP contribution < -0.4 is 5.32 Å². The largest absolute Gasteiger partial charge is 0.349 e. The van der Waals surface area contributed by atoms with Crippen LogP contribution >= 0.6 is 12.2 Å². The quantitative estimate of drug-likeness (QED) is 0.755. The van der Waals surface area contributed by atoms with Crippen LogP contribution in [0.25, 0.3) is 0 Å². The van der Waals surface area contributed by atoms with E-state index in [4.69, 9.17) is 12.2 Å². The Morgan fingerprint density at radius 3 is 2.54 bits per heavy atom. The first kappa shape index (κ1) is 19.6. The zero-order chi connectivity index (χ0) is 18.5. The van der Waals surface area contributed by atoms with Crippen LogP contribution in [0.3, 0.4) is 0 Å².